The molecule has 0 saturated heterocycles. The minimum Gasteiger partial charge on any atom is -0.497 e. The van der Waals surface area contributed by atoms with Crippen LogP contribution in [0.2, 0.25) is 0 Å². The van der Waals surface area contributed by atoms with Crippen molar-refractivity contribution >= 4 is 43.8 Å². The predicted octanol–water partition coefficient (Wildman–Crippen LogP) is 4.69. The Bertz CT molecular complexity index is 1190. The van der Waals surface area contributed by atoms with Crippen LogP contribution in [0, 0.1) is 0 Å². The van der Waals surface area contributed by atoms with Crippen molar-refractivity contribution in [3.05, 3.63) is 64.3 Å². The number of benzene rings is 2. The van der Waals surface area contributed by atoms with E-state index >= 15 is 0 Å². The maximum atomic E-state index is 12.6. The number of amides is 1. The number of ether oxygens (including phenoxy) is 2. The molecular formula is C21H17BrN2O4. The van der Waals surface area contributed by atoms with Crippen LogP contribution in [0.25, 0.3) is 22.0 Å². The third-order valence-electron chi connectivity index (χ3n) is 4.42. The molecule has 142 valence electrons. The average Bonchev–Trinajstić information content (AvgIpc) is 3.12. The van der Waals surface area contributed by atoms with E-state index in [0.717, 1.165) is 26.3 Å². The lowest BCUT2D eigenvalue weighted by Gasteiger charge is -2.09. The molecule has 6 nitrogen and oxygen atoms in total. The van der Waals surface area contributed by atoms with E-state index in [-0.39, 0.29) is 11.7 Å². The molecule has 28 heavy (non-hydrogen) atoms. The minimum absolute atomic E-state index is 0.207. The van der Waals surface area contributed by atoms with Gasteiger partial charge in [0.1, 0.15) is 11.5 Å². The number of hydrogen-bond acceptors (Lipinski definition) is 5. The topological polar surface area (TPSA) is 73.6 Å². The maximum absolute atomic E-state index is 12.6. The van der Waals surface area contributed by atoms with Crippen LogP contribution < -0.4 is 14.8 Å². The molecule has 7 heteroatoms. The van der Waals surface area contributed by atoms with Crippen molar-refractivity contribution < 1.29 is 18.7 Å². The van der Waals surface area contributed by atoms with Crippen LogP contribution in [0.5, 0.6) is 11.5 Å². The number of carbonyl (C=O) groups excluding carboxylic acids is 1. The fourth-order valence-corrected chi connectivity index (χ4v) is 3.40. The van der Waals surface area contributed by atoms with Gasteiger partial charge in [-0.2, -0.15) is 0 Å². The Balaban J connectivity index is 1.59. The number of furan rings is 1. The van der Waals surface area contributed by atoms with Gasteiger partial charge < -0.3 is 19.2 Å². The lowest BCUT2D eigenvalue weighted by atomic mass is 10.2. The highest BCUT2D eigenvalue weighted by Gasteiger charge is 2.15. The standard InChI is InChI=1S/C21H17BrN2O4/c1-26-16-5-3-12-7-13-9-19(28-21(13)24-17(12)10-16)20(25)23-11-14-8-15(22)4-6-18(14)27-2/h3-10H,11H2,1-2H3,(H,23,25). The maximum Gasteiger partial charge on any atom is 0.287 e. The van der Waals surface area contributed by atoms with Crippen molar-refractivity contribution in [2.75, 3.05) is 14.2 Å². The number of aromatic nitrogens is 1. The molecule has 0 fully saturated rings. The first-order valence-corrected chi connectivity index (χ1v) is 9.35. The van der Waals surface area contributed by atoms with Gasteiger partial charge in [0.2, 0.25) is 5.71 Å². The fourth-order valence-electron chi connectivity index (χ4n) is 2.99. The molecule has 2 aromatic heterocycles. The molecule has 0 aliphatic heterocycles. The highest BCUT2D eigenvalue weighted by molar-refractivity contribution is 9.10. The van der Waals surface area contributed by atoms with Gasteiger partial charge in [0.25, 0.3) is 5.91 Å². The summed E-state index contributed by atoms with van der Waals surface area (Å²) in [4.78, 5) is 17.1. The molecule has 1 amide bonds. The van der Waals surface area contributed by atoms with E-state index in [9.17, 15) is 4.79 Å². The average molecular weight is 441 g/mol. The predicted molar refractivity (Wildman–Crippen MR) is 110 cm³/mol. The molecule has 4 rings (SSSR count). The molecule has 0 saturated carbocycles. The van der Waals surface area contributed by atoms with Crippen molar-refractivity contribution in [3.63, 3.8) is 0 Å². The summed E-state index contributed by atoms with van der Waals surface area (Å²) in [5, 5.41) is 4.57. The molecule has 4 aromatic rings. The lowest BCUT2D eigenvalue weighted by Crippen LogP contribution is -2.22. The number of hydrogen-bond donors (Lipinski definition) is 1. The summed E-state index contributed by atoms with van der Waals surface area (Å²) in [6, 6.07) is 14.9. The summed E-state index contributed by atoms with van der Waals surface area (Å²) >= 11 is 3.43. The minimum atomic E-state index is -0.318. The Morgan fingerprint density at radius 3 is 2.71 bits per heavy atom. The second-order valence-corrected chi connectivity index (χ2v) is 7.11. The van der Waals surface area contributed by atoms with E-state index in [1.54, 1.807) is 20.3 Å². The Kier molecular flexibility index (Phi) is 4.92. The van der Waals surface area contributed by atoms with Crippen LogP contribution in [-0.4, -0.2) is 25.1 Å². The van der Waals surface area contributed by atoms with Crippen molar-refractivity contribution in [2.45, 2.75) is 6.54 Å². The number of halogens is 1. The zero-order valence-corrected chi connectivity index (χ0v) is 16.9. The summed E-state index contributed by atoms with van der Waals surface area (Å²) < 4.78 is 17.1. The highest BCUT2D eigenvalue weighted by Crippen LogP contribution is 2.26. The smallest absolute Gasteiger partial charge is 0.287 e. The Labute approximate surface area is 169 Å². The third-order valence-corrected chi connectivity index (χ3v) is 4.91. The van der Waals surface area contributed by atoms with Gasteiger partial charge in [-0.05, 0) is 42.5 Å². The van der Waals surface area contributed by atoms with Gasteiger partial charge in [-0.1, -0.05) is 15.9 Å². The molecule has 0 unspecified atom stereocenters. The number of nitrogens with zero attached hydrogens (tertiary/aromatic N) is 1. The Hall–Kier alpha value is -3.06. The van der Waals surface area contributed by atoms with Crippen molar-refractivity contribution in [1.29, 1.82) is 0 Å². The lowest BCUT2D eigenvalue weighted by molar-refractivity contribution is 0.0925. The van der Waals surface area contributed by atoms with Gasteiger partial charge in [0.15, 0.2) is 5.76 Å². The van der Waals surface area contributed by atoms with Crippen LogP contribution in [0.4, 0.5) is 0 Å². The summed E-state index contributed by atoms with van der Waals surface area (Å²) in [5.41, 5.74) is 2.01. The Morgan fingerprint density at radius 2 is 1.93 bits per heavy atom. The second kappa shape index (κ2) is 7.52. The van der Waals surface area contributed by atoms with Crippen LogP contribution >= 0.6 is 15.9 Å². The largest absolute Gasteiger partial charge is 0.497 e. The number of methoxy groups -OCH3 is 2. The first-order chi connectivity index (χ1) is 13.6. The van der Waals surface area contributed by atoms with Crippen LogP contribution in [-0.2, 0) is 6.54 Å². The monoisotopic (exact) mass is 440 g/mol. The summed E-state index contributed by atoms with van der Waals surface area (Å²) in [5.74, 6) is 1.31. The van der Waals surface area contributed by atoms with Crippen LogP contribution in [0.1, 0.15) is 16.1 Å². The van der Waals surface area contributed by atoms with Gasteiger partial charge in [0, 0.05) is 33.4 Å². The normalized spacial score (nSPS) is 11.0. The van der Waals surface area contributed by atoms with E-state index in [1.165, 1.54) is 0 Å². The first-order valence-electron chi connectivity index (χ1n) is 8.56. The molecule has 0 atom stereocenters. The van der Waals surface area contributed by atoms with E-state index < -0.39 is 0 Å². The Morgan fingerprint density at radius 1 is 1.07 bits per heavy atom. The van der Waals surface area contributed by atoms with Gasteiger partial charge in [-0.3, -0.25) is 4.79 Å². The molecule has 0 radical (unpaired) electrons. The van der Waals surface area contributed by atoms with Crippen molar-refractivity contribution in [2.24, 2.45) is 0 Å². The van der Waals surface area contributed by atoms with Crippen LogP contribution in [0.15, 0.2) is 57.4 Å². The van der Waals surface area contributed by atoms with E-state index in [2.05, 4.69) is 26.2 Å². The summed E-state index contributed by atoms with van der Waals surface area (Å²) in [7, 11) is 3.20. The van der Waals surface area contributed by atoms with Gasteiger partial charge in [0.05, 0.1) is 19.7 Å². The molecule has 2 aromatic carbocycles. The van der Waals surface area contributed by atoms with Gasteiger partial charge in [-0.25, -0.2) is 4.98 Å². The molecule has 2 heterocycles. The quantitative estimate of drug-likeness (QED) is 0.487. The van der Waals surface area contributed by atoms with E-state index in [0.29, 0.717) is 23.8 Å². The zero-order chi connectivity index (χ0) is 19.7. The summed E-state index contributed by atoms with van der Waals surface area (Å²) in [6.07, 6.45) is 0. The number of pyridine rings is 1. The fraction of sp³-hybridized carbons (Fsp3) is 0.143. The number of fused-ring (bicyclic) bond motifs is 2. The van der Waals surface area contributed by atoms with E-state index in [1.807, 2.05) is 42.5 Å². The molecule has 0 aliphatic carbocycles. The highest BCUT2D eigenvalue weighted by atomic mass is 79.9. The molecule has 1 N–H and O–H groups in total. The molecule has 0 spiro atoms. The van der Waals surface area contributed by atoms with Crippen molar-refractivity contribution in [1.82, 2.24) is 10.3 Å². The van der Waals surface area contributed by atoms with Gasteiger partial charge >= 0.3 is 0 Å². The zero-order valence-electron chi connectivity index (χ0n) is 15.3. The molecular weight excluding hydrogens is 424 g/mol. The summed E-state index contributed by atoms with van der Waals surface area (Å²) in [6.45, 7) is 0.311. The van der Waals surface area contributed by atoms with E-state index in [4.69, 9.17) is 13.9 Å². The third kappa shape index (κ3) is 3.53. The number of nitrogens with one attached hydrogen (secondary N) is 1. The number of carbonyl (C=O) groups is 1. The van der Waals surface area contributed by atoms with Gasteiger partial charge in [-0.15, -0.1) is 0 Å². The SMILES string of the molecule is COc1ccc2cc3cc(C(=O)NCc4cc(Br)ccc4OC)oc3nc2c1. The van der Waals surface area contributed by atoms with Crippen molar-refractivity contribution in [3.8, 4) is 11.5 Å². The molecule has 0 bridgehead atoms. The molecule has 0 aliphatic rings. The number of rotatable bonds is 5. The second-order valence-electron chi connectivity index (χ2n) is 6.19. The first kappa shape index (κ1) is 18.3. The van der Waals surface area contributed by atoms with Crippen LogP contribution in [0.3, 0.4) is 0 Å².